The van der Waals surface area contributed by atoms with Crippen LogP contribution in [0.2, 0.25) is 0 Å². The van der Waals surface area contributed by atoms with Crippen LogP contribution in [0.4, 0.5) is 0 Å². The van der Waals surface area contributed by atoms with Crippen molar-refractivity contribution in [2.45, 2.75) is 45.6 Å². The van der Waals surface area contributed by atoms with E-state index in [2.05, 4.69) is 23.7 Å². The van der Waals surface area contributed by atoms with Crippen molar-refractivity contribution in [2.24, 2.45) is 5.92 Å². The molecule has 1 N–H and O–H groups in total. The third kappa shape index (κ3) is 3.84. The molecule has 5 heteroatoms. The molecular formula is C16H24N2O2S. The third-order valence-electron chi connectivity index (χ3n) is 4.04. The van der Waals surface area contributed by atoms with Gasteiger partial charge in [0.2, 0.25) is 11.8 Å². The number of nitrogens with one attached hydrogen (secondary N) is 1. The van der Waals surface area contributed by atoms with Gasteiger partial charge in [-0.05, 0) is 40.6 Å². The first-order chi connectivity index (χ1) is 10.0. The summed E-state index contributed by atoms with van der Waals surface area (Å²) >= 11 is 1.67. The zero-order valence-corrected chi connectivity index (χ0v) is 13.8. The maximum absolute atomic E-state index is 12.5. The summed E-state index contributed by atoms with van der Waals surface area (Å²) in [5, 5.41) is 7.18. The molecular weight excluding hydrogens is 284 g/mol. The van der Waals surface area contributed by atoms with Gasteiger partial charge in [0.05, 0.1) is 0 Å². The lowest BCUT2D eigenvalue weighted by atomic mass is 10.0. The molecule has 1 saturated heterocycles. The second-order valence-corrected chi connectivity index (χ2v) is 6.86. The molecule has 21 heavy (non-hydrogen) atoms. The Hall–Kier alpha value is -1.36. The zero-order chi connectivity index (χ0) is 15.4. The SMILES string of the molecule is CC(CNC(=O)C(C(C)C)N1CCCC1=O)c1ccsc1. The summed E-state index contributed by atoms with van der Waals surface area (Å²) in [6.07, 6.45) is 1.43. The molecule has 116 valence electrons. The Morgan fingerprint density at radius 1 is 1.43 bits per heavy atom. The summed E-state index contributed by atoms with van der Waals surface area (Å²) in [5.74, 6) is 0.503. The molecule has 0 bridgehead atoms. The second-order valence-electron chi connectivity index (χ2n) is 6.08. The first kappa shape index (κ1) is 16.0. The zero-order valence-electron chi connectivity index (χ0n) is 13.0. The van der Waals surface area contributed by atoms with Crippen LogP contribution in [0.5, 0.6) is 0 Å². The standard InChI is InChI=1S/C16H24N2O2S/c1-11(2)15(18-7-4-5-14(18)19)16(20)17-9-12(3)13-6-8-21-10-13/h6,8,10-12,15H,4-5,7,9H2,1-3H3,(H,17,20). The molecule has 0 saturated carbocycles. The largest absolute Gasteiger partial charge is 0.354 e. The molecule has 4 nitrogen and oxygen atoms in total. The topological polar surface area (TPSA) is 49.4 Å². The molecule has 0 radical (unpaired) electrons. The van der Waals surface area contributed by atoms with Crippen molar-refractivity contribution in [1.82, 2.24) is 10.2 Å². The number of carbonyl (C=O) groups is 2. The molecule has 0 spiro atoms. The van der Waals surface area contributed by atoms with E-state index < -0.39 is 0 Å². The van der Waals surface area contributed by atoms with Crippen LogP contribution in [0.3, 0.4) is 0 Å². The minimum atomic E-state index is -0.338. The summed E-state index contributed by atoms with van der Waals surface area (Å²) in [6.45, 7) is 7.42. The number of carbonyl (C=O) groups excluding carboxylic acids is 2. The predicted molar refractivity (Wildman–Crippen MR) is 85.3 cm³/mol. The summed E-state index contributed by atoms with van der Waals surface area (Å²) in [7, 11) is 0. The van der Waals surface area contributed by atoms with Crippen molar-refractivity contribution in [3.8, 4) is 0 Å². The second kappa shape index (κ2) is 7.07. The molecule has 2 unspecified atom stereocenters. The van der Waals surface area contributed by atoms with Gasteiger partial charge in [-0.2, -0.15) is 11.3 Å². The maximum atomic E-state index is 12.5. The Morgan fingerprint density at radius 2 is 2.19 bits per heavy atom. The van der Waals surface area contributed by atoms with E-state index in [4.69, 9.17) is 0 Å². The van der Waals surface area contributed by atoms with Crippen LogP contribution < -0.4 is 5.32 Å². The molecule has 0 aliphatic carbocycles. The molecule has 2 heterocycles. The summed E-state index contributed by atoms with van der Waals surface area (Å²) in [4.78, 5) is 26.1. The number of amides is 2. The first-order valence-electron chi connectivity index (χ1n) is 7.60. The highest BCUT2D eigenvalue weighted by Crippen LogP contribution is 2.20. The van der Waals surface area contributed by atoms with Crippen LogP contribution in [0.1, 0.15) is 45.1 Å². The van der Waals surface area contributed by atoms with E-state index in [-0.39, 0.29) is 23.8 Å². The van der Waals surface area contributed by atoms with Crippen LogP contribution in [0, 0.1) is 5.92 Å². The highest BCUT2D eigenvalue weighted by atomic mass is 32.1. The van der Waals surface area contributed by atoms with Gasteiger partial charge in [0.1, 0.15) is 6.04 Å². The molecule has 1 aliphatic rings. The lowest BCUT2D eigenvalue weighted by Gasteiger charge is -2.30. The molecule has 1 aliphatic heterocycles. The van der Waals surface area contributed by atoms with Crippen molar-refractivity contribution in [3.05, 3.63) is 22.4 Å². The van der Waals surface area contributed by atoms with Crippen molar-refractivity contribution in [1.29, 1.82) is 0 Å². The Morgan fingerprint density at radius 3 is 2.71 bits per heavy atom. The van der Waals surface area contributed by atoms with Crippen molar-refractivity contribution in [2.75, 3.05) is 13.1 Å². The summed E-state index contributed by atoms with van der Waals surface area (Å²) < 4.78 is 0. The van der Waals surface area contributed by atoms with Crippen LogP contribution in [0.15, 0.2) is 16.8 Å². The third-order valence-corrected chi connectivity index (χ3v) is 4.74. The summed E-state index contributed by atoms with van der Waals surface area (Å²) in [5.41, 5.74) is 1.25. The van der Waals surface area contributed by atoms with E-state index in [9.17, 15) is 9.59 Å². The number of nitrogens with zero attached hydrogens (tertiary/aromatic N) is 1. The van der Waals surface area contributed by atoms with Gasteiger partial charge < -0.3 is 10.2 Å². The number of rotatable bonds is 6. The van der Waals surface area contributed by atoms with Gasteiger partial charge in [0, 0.05) is 19.5 Å². The van der Waals surface area contributed by atoms with Gasteiger partial charge in [-0.1, -0.05) is 20.8 Å². The van der Waals surface area contributed by atoms with E-state index in [0.717, 1.165) is 6.42 Å². The van der Waals surface area contributed by atoms with Crippen molar-refractivity contribution in [3.63, 3.8) is 0 Å². The predicted octanol–water partition coefficient (Wildman–Crippen LogP) is 2.61. The fraction of sp³-hybridized carbons (Fsp3) is 0.625. The van der Waals surface area contributed by atoms with Gasteiger partial charge in [-0.25, -0.2) is 0 Å². The normalized spacial score (nSPS) is 18.1. The number of hydrogen-bond donors (Lipinski definition) is 1. The molecule has 1 fully saturated rings. The Labute approximate surface area is 130 Å². The molecule has 2 atom stereocenters. The highest BCUT2D eigenvalue weighted by molar-refractivity contribution is 7.07. The van der Waals surface area contributed by atoms with E-state index >= 15 is 0 Å². The average molecular weight is 308 g/mol. The maximum Gasteiger partial charge on any atom is 0.243 e. The van der Waals surface area contributed by atoms with Crippen LogP contribution in [0.25, 0.3) is 0 Å². The van der Waals surface area contributed by atoms with Gasteiger partial charge in [-0.15, -0.1) is 0 Å². The van der Waals surface area contributed by atoms with Crippen LogP contribution in [-0.2, 0) is 9.59 Å². The fourth-order valence-electron chi connectivity index (χ4n) is 2.80. The molecule has 1 aromatic heterocycles. The van der Waals surface area contributed by atoms with E-state index in [1.165, 1.54) is 5.56 Å². The molecule has 2 rings (SSSR count). The number of hydrogen-bond acceptors (Lipinski definition) is 3. The van der Waals surface area contributed by atoms with E-state index in [1.807, 2.05) is 19.2 Å². The first-order valence-corrected chi connectivity index (χ1v) is 8.54. The van der Waals surface area contributed by atoms with Crippen LogP contribution >= 0.6 is 11.3 Å². The van der Waals surface area contributed by atoms with Gasteiger partial charge in [-0.3, -0.25) is 9.59 Å². The number of likely N-dealkylation sites (tertiary alicyclic amines) is 1. The highest BCUT2D eigenvalue weighted by Gasteiger charge is 2.34. The van der Waals surface area contributed by atoms with Gasteiger partial charge in [0.15, 0.2) is 0 Å². The minimum Gasteiger partial charge on any atom is -0.354 e. The van der Waals surface area contributed by atoms with Gasteiger partial charge in [0.25, 0.3) is 0 Å². The summed E-state index contributed by atoms with van der Waals surface area (Å²) in [6, 6.07) is 1.75. The molecule has 2 amide bonds. The molecule has 0 aromatic carbocycles. The Balaban J connectivity index is 1.94. The van der Waals surface area contributed by atoms with Crippen molar-refractivity contribution < 1.29 is 9.59 Å². The molecule has 1 aromatic rings. The fourth-order valence-corrected chi connectivity index (χ4v) is 3.58. The number of thiophene rings is 1. The smallest absolute Gasteiger partial charge is 0.243 e. The lowest BCUT2D eigenvalue weighted by molar-refractivity contribution is -0.139. The quantitative estimate of drug-likeness (QED) is 0.878. The van der Waals surface area contributed by atoms with Crippen molar-refractivity contribution >= 4 is 23.2 Å². The Bertz CT molecular complexity index is 484. The Kier molecular flexibility index (Phi) is 5.39. The lowest BCUT2D eigenvalue weighted by Crippen LogP contribution is -2.50. The minimum absolute atomic E-state index is 0.0256. The van der Waals surface area contributed by atoms with Crippen LogP contribution in [-0.4, -0.2) is 35.8 Å². The van der Waals surface area contributed by atoms with E-state index in [0.29, 0.717) is 25.4 Å². The average Bonchev–Trinajstić information content (AvgIpc) is 3.08. The van der Waals surface area contributed by atoms with E-state index in [1.54, 1.807) is 16.2 Å². The monoisotopic (exact) mass is 308 g/mol. The van der Waals surface area contributed by atoms with Gasteiger partial charge >= 0.3 is 0 Å².